The van der Waals surface area contributed by atoms with E-state index in [0.29, 0.717) is 0 Å². The SMILES string of the molecule is C=Cc1ccc(-n2c3ccc(CCCCCC)cc3c3cc(CCCCCC)ccc32)cc1.CC. The molecule has 0 spiro atoms. The summed E-state index contributed by atoms with van der Waals surface area (Å²) >= 11 is 0. The molecule has 0 fully saturated rings. The summed E-state index contributed by atoms with van der Waals surface area (Å²) in [7, 11) is 0. The molecule has 0 saturated carbocycles. The Morgan fingerprint density at radius 1 is 0.629 bits per heavy atom. The number of fused-ring (bicyclic) bond motifs is 3. The van der Waals surface area contributed by atoms with Gasteiger partial charge in [0.1, 0.15) is 0 Å². The molecule has 4 rings (SSSR count). The fourth-order valence-electron chi connectivity index (χ4n) is 4.98. The maximum Gasteiger partial charge on any atom is 0.0541 e. The zero-order chi connectivity index (χ0) is 25.0. The van der Waals surface area contributed by atoms with E-state index in [1.165, 1.54) is 103 Å². The maximum absolute atomic E-state index is 3.91. The van der Waals surface area contributed by atoms with Crippen LogP contribution in [-0.4, -0.2) is 4.57 Å². The molecule has 0 radical (unpaired) electrons. The predicted molar refractivity (Wildman–Crippen MR) is 158 cm³/mol. The molecule has 4 aromatic rings. The van der Waals surface area contributed by atoms with Crippen LogP contribution in [0, 0.1) is 0 Å². The zero-order valence-electron chi connectivity index (χ0n) is 22.6. The molecular formula is C34H45N. The minimum absolute atomic E-state index is 1.16. The fourth-order valence-corrected chi connectivity index (χ4v) is 4.98. The van der Waals surface area contributed by atoms with Gasteiger partial charge in [-0.2, -0.15) is 0 Å². The van der Waals surface area contributed by atoms with E-state index in [9.17, 15) is 0 Å². The van der Waals surface area contributed by atoms with E-state index < -0.39 is 0 Å². The van der Waals surface area contributed by atoms with Gasteiger partial charge in [0.25, 0.3) is 0 Å². The highest BCUT2D eigenvalue weighted by Crippen LogP contribution is 2.34. The molecule has 0 bridgehead atoms. The molecule has 0 N–H and O–H groups in total. The zero-order valence-corrected chi connectivity index (χ0v) is 22.6. The summed E-state index contributed by atoms with van der Waals surface area (Å²) in [5.41, 5.74) is 7.91. The largest absolute Gasteiger partial charge is 0.309 e. The lowest BCUT2D eigenvalue weighted by Crippen LogP contribution is -1.94. The number of aromatic nitrogens is 1. The number of benzene rings is 3. The first-order valence-corrected chi connectivity index (χ1v) is 14.0. The third-order valence-electron chi connectivity index (χ3n) is 6.92. The Morgan fingerprint density at radius 3 is 1.54 bits per heavy atom. The van der Waals surface area contributed by atoms with Gasteiger partial charge in [0.15, 0.2) is 0 Å². The summed E-state index contributed by atoms with van der Waals surface area (Å²) in [6.45, 7) is 12.5. The van der Waals surface area contributed by atoms with Crippen LogP contribution in [0.1, 0.15) is 95.8 Å². The molecule has 0 amide bonds. The first-order valence-electron chi connectivity index (χ1n) is 14.0. The van der Waals surface area contributed by atoms with Crippen molar-refractivity contribution in [1.82, 2.24) is 4.57 Å². The number of hydrogen-bond donors (Lipinski definition) is 0. The molecule has 1 aromatic heterocycles. The molecule has 0 saturated heterocycles. The van der Waals surface area contributed by atoms with E-state index in [1.807, 2.05) is 19.9 Å². The van der Waals surface area contributed by atoms with E-state index >= 15 is 0 Å². The van der Waals surface area contributed by atoms with Crippen LogP contribution < -0.4 is 0 Å². The lowest BCUT2D eigenvalue weighted by atomic mass is 10.0. The van der Waals surface area contributed by atoms with E-state index in [4.69, 9.17) is 0 Å². The van der Waals surface area contributed by atoms with Crippen molar-refractivity contribution in [1.29, 1.82) is 0 Å². The van der Waals surface area contributed by atoms with Crippen molar-refractivity contribution in [2.24, 2.45) is 0 Å². The highest BCUT2D eigenvalue weighted by Gasteiger charge is 2.13. The normalized spacial score (nSPS) is 11.0. The molecule has 0 unspecified atom stereocenters. The van der Waals surface area contributed by atoms with Crippen LogP contribution in [0.15, 0.2) is 67.2 Å². The molecule has 1 heterocycles. The van der Waals surface area contributed by atoms with Crippen LogP contribution in [-0.2, 0) is 12.8 Å². The minimum atomic E-state index is 1.16. The smallest absolute Gasteiger partial charge is 0.0541 e. The van der Waals surface area contributed by atoms with Crippen molar-refractivity contribution >= 4 is 27.9 Å². The van der Waals surface area contributed by atoms with Gasteiger partial charge in [0.05, 0.1) is 11.0 Å². The Bertz CT molecular complexity index is 1120. The van der Waals surface area contributed by atoms with Crippen LogP contribution >= 0.6 is 0 Å². The van der Waals surface area contributed by atoms with Crippen molar-refractivity contribution in [2.75, 3.05) is 0 Å². The van der Waals surface area contributed by atoms with Crippen molar-refractivity contribution in [3.63, 3.8) is 0 Å². The fraction of sp³-hybridized carbons (Fsp3) is 0.412. The summed E-state index contributed by atoms with van der Waals surface area (Å²) in [5, 5.41) is 2.78. The first kappa shape index (κ1) is 26.8. The Hall–Kier alpha value is -2.80. The highest BCUT2D eigenvalue weighted by atomic mass is 15.0. The van der Waals surface area contributed by atoms with Crippen molar-refractivity contribution < 1.29 is 0 Å². The first-order chi connectivity index (χ1) is 17.2. The van der Waals surface area contributed by atoms with Gasteiger partial charge in [-0.25, -0.2) is 0 Å². The third-order valence-corrected chi connectivity index (χ3v) is 6.92. The van der Waals surface area contributed by atoms with Crippen molar-refractivity contribution in [3.05, 3.63) is 83.9 Å². The molecule has 0 atom stereocenters. The summed E-state index contributed by atoms with van der Waals surface area (Å²) in [5.74, 6) is 0. The van der Waals surface area contributed by atoms with Crippen LogP contribution in [0.3, 0.4) is 0 Å². The molecule has 0 aliphatic carbocycles. The average Bonchev–Trinajstić information content (AvgIpc) is 3.23. The number of rotatable bonds is 12. The number of hydrogen-bond acceptors (Lipinski definition) is 0. The predicted octanol–water partition coefficient (Wildman–Crippen LogP) is 10.7. The molecule has 186 valence electrons. The molecule has 0 aliphatic heterocycles. The van der Waals surface area contributed by atoms with E-state index in [2.05, 4.69) is 85.7 Å². The summed E-state index contributed by atoms with van der Waals surface area (Å²) in [6.07, 6.45) is 14.7. The highest BCUT2D eigenvalue weighted by molar-refractivity contribution is 6.09. The minimum Gasteiger partial charge on any atom is -0.309 e. The van der Waals surface area contributed by atoms with Gasteiger partial charge < -0.3 is 4.57 Å². The lowest BCUT2D eigenvalue weighted by Gasteiger charge is -2.09. The summed E-state index contributed by atoms with van der Waals surface area (Å²) in [4.78, 5) is 0. The summed E-state index contributed by atoms with van der Waals surface area (Å²) < 4.78 is 2.43. The quantitative estimate of drug-likeness (QED) is 0.183. The van der Waals surface area contributed by atoms with Gasteiger partial charge in [-0.15, -0.1) is 0 Å². The second kappa shape index (κ2) is 13.9. The van der Waals surface area contributed by atoms with Gasteiger partial charge >= 0.3 is 0 Å². The topological polar surface area (TPSA) is 4.93 Å². The van der Waals surface area contributed by atoms with Crippen LogP contribution in [0.4, 0.5) is 0 Å². The molecular weight excluding hydrogens is 422 g/mol. The van der Waals surface area contributed by atoms with Gasteiger partial charge in [-0.3, -0.25) is 0 Å². The lowest BCUT2D eigenvalue weighted by molar-refractivity contribution is 0.667. The number of nitrogens with zero attached hydrogens (tertiary/aromatic N) is 1. The Morgan fingerprint density at radius 2 is 1.11 bits per heavy atom. The maximum atomic E-state index is 3.91. The van der Waals surface area contributed by atoms with Crippen LogP contribution in [0.2, 0.25) is 0 Å². The van der Waals surface area contributed by atoms with Gasteiger partial charge in [0.2, 0.25) is 0 Å². The molecule has 1 heteroatoms. The second-order valence-corrected chi connectivity index (χ2v) is 9.46. The van der Waals surface area contributed by atoms with Crippen molar-refractivity contribution in [2.45, 2.75) is 91.9 Å². The van der Waals surface area contributed by atoms with E-state index in [-0.39, 0.29) is 0 Å². The Labute approximate surface area is 213 Å². The van der Waals surface area contributed by atoms with E-state index in [0.717, 1.165) is 5.56 Å². The van der Waals surface area contributed by atoms with Gasteiger partial charge in [0, 0.05) is 16.5 Å². The third kappa shape index (κ3) is 6.66. The molecule has 1 nitrogen and oxygen atoms in total. The van der Waals surface area contributed by atoms with Crippen LogP contribution in [0.25, 0.3) is 33.6 Å². The molecule has 3 aromatic carbocycles. The van der Waals surface area contributed by atoms with Gasteiger partial charge in [-0.05, 0) is 78.8 Å². The van der Waals surface area contributed by atoms with E-state index in [1.54, 1.807) is 0 Å². The number of unbranched alkanes of at least 4 members (excludes halogenated alkanes) is 6. The van der Waals surface area contributed by atoms with Crippen molar-refractivity contribution in [3.8, 4) is 5.69 Å². The van der Waals surface area contributed by atoms with Gasteiger partial charge in [-0.1, -0.05) is 103 Å². The Kier molecular flexibility index (Phi) is 10.7. The van der Waals surface area contributed by atoms with Crippen LogP contribution in [0.5, 0.6) is 0 Å². The summed E-state index contributed by atoms with van der Waals surface area (Å²) in [6, 6.07) is 23.0. The molecule has 0 aliphatic rings. The standard InChI is InChI=1S/C32H39N.C2H6/c1-4-7-9-11-13-26-17-21-31-29(23-26)30-24-27(14-12-10-8-5-2)18-22-32(30)33(31)28-19-15-25(6-3)16-20-28;1-2/h6,15-24H,3-5,7-14H2,1-2H3;1-2H3. The average molecular weight is 468 g/mol. The second-order valence-electron chi connectivity index (χ2n) is 9.46. The number of aryl methyl sites for hydroxylation is 2. The molecule has 35 heavy (non-hydrogen) atoms. The Balaban J connectivity index is 0.00000167. The monoisotopic (exact) mass is 467 g/mol.